The Morgan fingerprint density at radius 3 is 2.62 bits per heavy atom. The van der Waals surface area contributed by atoms with Gasteiger partial charge in [-0.25, -0.2) is 0 Å². The van der Waals surface area contributed by atoms with E-state index in [4.69, 9.17) is 4.42 Å². The van der Waals surface area contributed by atoms with Crippen molar-refractivity contribution in [3.63, 3.8) is 0 Å². The molecule has 1 amide bonds. The average Bonchev–Trinajstić information content (AvgIpc) is 2.97. The Morgan fingerprint density at radius 1 is 1.19 bits per heavy atom. The molecule has 4 heteroatoms. The van der Waals surface area contributed by atoms with E-state index in [9.17, 15) is 4.79 Å². The summed E-state index contributed by atoms with van der Waals surface area (Å²) < 4.78 is 5.31. The van der Waals surface area contributed by atoms with Crippen LogP contribution in [0.25, 0.3) is 0 Å². The van der Waals surface area contributed by atoms with Gasteiger partial charge in [-0.1, -0.05) is 17.7 Å². The van der Waals surface area contributed by atoms with E-state index in [1.54, 1.807) is 6.26 Å². The molecule has 0 saturated carbocycles. The van der Waals surface area contributed by atoms with Crippen molar-refractivity contribution >= 4 is 5.91 Å². The fraction of sp³-hybridized carbons (Fsp3) is 0.353. The van der Waals surface area contributed by atoms with Gasteiger partial charge in [-0.3, -0.25) is 4.79 Å². The number of furan rings is 1. The van der Waals surface area contributed by atoms with Crippen molar-refractivity contribution in [3.8, 4) is 0 Å². The van der Waals surface area contributed by atoms with Gasteiger partial charge in [0.15, 0.2) is 0 Å². The van der Waals surface area contributed by atoms with E-state index < -0.39 is 0 Å². The maximum Gasteiger partial charge on any atom is 0.251 e. The lowest BCUT2D eigenvalue weighted by Gasteiger charge is -2.13. The van der Waals surface area contributed by atoms with Crippen LogP contribution in [0.1, 0.15) is 28.6 Å². The fourth-order valence-electron chi connectivity index (χ4n) is 2.10. The van der Waals surface area contributed by atoms with Gasteiger partial charge in [-0.2, -0.15) is 0 Å². The molecule has 1 heterocycles. The summed E-state index contributed by atoms with van der Waals surface area (Å²) in [5.41, 5.74) is 1.85. The van der Waals surface area contributed by atoms with Crippen molar-refractivity contribution in [1.29, 1.82) is 0 Å². The van der Waals surface area contributed by atoms with Crippen LogP contribution >= 0.6 is 0 Å². The first-order valence-electron chi connectivity index (χ1n) is 7.26. The second kappa shape index (κ2) is 7.64. The van der Waals surface area contributed by atoms with E-state index in [0.717, 1.165) is 24.3 Å². The molecule has 0 aliphatic carbocycles. The zero-order chi connectivity index (χ0) is 15.1. The largest absolute Gasteiger partial charge is 0.469 e. The molecule has 2 rings (SSSR count). The molecule has 4 nitrogen and oxygen atoms in total. The number of nitrogens with one attached hydrogen (secondary N) is 2. The summed E-state index contributed by atoms with van der Waals surface area (Å²) in [5.74, 6) is 0.939. The maximum absolute atomic E-state index is 11.9. The van der Waals surface area contributed by atoms with Crippen LogP contribution in [0, 0.1) is 6.92 Å². The molecule has 1 aromatic carbocycles. The minimum Gasteiger partial charge on any atom is -0.469 e. The normalized spacial score (nSPS) is 12.1. The molecule has 0 radical (unpaired) electrons. The van der Waals surface area contributed by atoms with Crippen molar-refractivity contribution in [2.45, 2.75) is 26.3 Å². The second-order valence-electron chi connectivity index (χ2n) is 5.26. The van der Waals surface area contributed by atoms with Crippen molar-refractivity contribution in [2.24, 2.45) is 0 Å². The maximum atomic E-state index is 11.9. The van der Waals surface area contributed by atoms with E-state index in [-0.39, 0.29) is 5.91 Å². The van der Waals surface area contributed by atoms with Crippen LogP contribution in [0.15, 0.2) is 47.1 Å². The molecule has 2 aromatic rings. The van der Waals surface area contributed by atoms with Crippen LogP contribution in [0.5, 0.6) is 0 Å². The van der Waals surface area contributed by atoms with E-state index in [1.165, 1.54) is 0 Å². The quantitative estimate of drug-likeness (QED) is 0.769. The summed E-state index contributed by atoms with van der Waals surface area (Å²) in [4.78, 5) is 11.9. The summed E-state index contributed by atoms with van der Waals surface area (Å²) in [7, 11) is 0. The smallest absolute Gasteiger partial charge is 0.251 e. The highest BCUT2D eigenvalue weighted by atomic mass is 16.3. The number of hydrogen-bond donors (Lipinski definition) is 2. The third-order valence-corrected chi connectivity index (χ3v) is 3.30. The lowest BCUT2D eigenvalue weighted by molar-refractivity contribution is 0.0953. The van der Waals surface area contributed by atoms with Crippen LogP contribution < -0.4 is 10.6 Å². The lowest BCUT2D eigenvalue weighted by Crippen LogP contribution is -2.36. The summed E-state index contributed by atoms with van der Waals surface area (Å²) in [6, 6.07) is 11.8. The molecule has 0 aliphatic rings. The van der Waals surface area contributed by atoms with Gasteiger partial charge in [0.2, 0.25) is 0 Å². The Morgan fingerprint density at radius 2 is 1.95 bits per heavy atom. The number of aryl methyl sites for hydroxylation is 1. The highest BCUT2D eigenvalue weighted by Gasteiger charge is 2.06. The summed E-state index contributed by atoms with van der Waals surface area (Å²) >= 11 is 0. The monoisotopic (exact) mass is 286 g/mol. The van der Waals surface area contributed by atoms with Crippen molar-refractivity contribution in [1.82, 2.24) is 10.6 Å². The van der Waals surface area contributed by atoms with Gasteiger partial charge in [0.1, 0.15) is 5.76 Å². The Bertz CT molecular complexity index is 547. The molecule has 0 aliphatic heterocycles. The van der Waals surface area contributed by atoms with Crippen LogP contribution in [0.2, 0.25) is 0 Å². The first kappa shape index (κ1) is 15.3. The standard InChI is InChI=1S/C17H22N2O2/c1-13-5-7-15(8-6-13)17(20)19-10-9-18-14(2)12-16-4-3-11-21-16/h3-8,11,14,18H,9-10,12H2,1-2H3,(H,19,20). The third-order valence-electron chi connectivity index (χ3n) is 3.30. The van der Waals surface area contributed by atoms with Gasteiger partial charge in [0, 0.05) is 31.1 Å². The Balaban J connectivity index is 1.65. The number of benzene rings is 1. The first-order valence-corrected chi connectivity index (χ1v) is 7.26. The Labute approximate surface area is 125 Å². The van der Waals surface area contributed by atoms with Crippen LogP contribution in [-0.4, -0.2) is 25.0 Å². The molecule has 21 heavy (non-hydrogen) atoms. The van der Waals surface area contributed by atoms with Gasteiger partial charge in [-0.05, 0) is 38.1 Å². The van der Waals surface area contributed by atoms with Crippen molar-refractivity contribution in [2.75, 3.05) is 13.1 Å². The first-order chi connectivity index (χ1) is 10.1. The highest BCUT2D eigenvalue weighted by Crippen LogP contribution is 2.04. The van der Waals surface area contributed by atoms with Crippen molar-refractivity contribution < 1.29 is 9.21 Å². The van der Waals surface area contributed by atoms with Crippen molar-refractivity contribution in [3.05, 3.63) is 59.5 Å². The lowest BCUT2D eigenvalue weighted by atomic mass is 10.1. The van der Waals surface area contributed by atoms with E-state index in [1.807, 2.05) is 43.3 Å². The van der Waals surface area contributed by atoms with Crippen LogP contribution in [0.3, 0.4) is 0 Å². The fourth-order valence-corrected chi connectivity index (χ4v) is 2.10. The molecule has 0 fully saturated rings. The predicted octanol–water partition coefficient (Wildman–Crippen LogP) is 2.54. The summed E-state index contributed by atoms with van der Waals surface area (Å²) in [5, 5.41) is 6.27. The topological polar surface area (TPSA) is 54.3 Å². The zero-order valence-corrected chi connectivity index (χ0v) is 12.6. The second-order valence-corrected chi connectivity index (χ2v) is 5.26. The van der Waals surface area contributed by atoms with E-state index >= 15 is 0 Å². The molecule has 1 atom stereocenters. The van der Waals surface area contributed by atoms with Gasteiger partial charge in [0.25, 0.3) is 5.91 Å². The van der Waals surface area contributed by atoms with Crippen LogP contribution in [0.4, 0.5) is 0 Å². The molecule has 112 valence electrons. The van der Waals surface area contributed by atoms with Crippen LogP contribution in [-0.2, 0) is 6.42 Å². The minimum atomic E-state index is -0.0320. The zero-order valence-electron chi connectivity index (χ0n) is 12.6. The van der Waals surface area contributed by atoms with Gasteiger partial charge in [0.05, 0.1) is 6.26 Å². The minimum absolute atomic E-state index is 0.0320. The third kappa shape index (κ3) is 5.08. The molecule has 0 bridgehead atoms. The van der Waals surface area contributed by atoms with Gasteiger partial charge in [-0.15, -0.1) is 0 Å². The van der Waals surface area contributed by atoms with Gasteiger partial charge < -0.3 is 15.1 Å². The average molecular weight is 286 g/mol. The predicted molar refractivity (Wildman–Crippen MR) is 83.4 cm³/mol. The van der Waals surface area contributed by atoms with E-state index in [2.05, 4.69) is 17.6 Å². The molecule has 0 saturated heterocycles. The molecule has 0 spiro atoms. The Hall–Kier alpha value is -2.07. The number of rotatable bonds is 7. The number of carbonyl (C=O) groups is 1. The highest BCUT2D eigenvalue weighted by molar-refractivity contribution is 5.94. The summed E-state index contributed by atoms with van der Waals surface area (Å²) in [6.07, 6.45) is 2.53. The summed E-state index contributed by atoms with van der Waals surface area (Å²) in [6.45, 7) is 5.45. The molecular formula is C17H22N2O2. The molecule has 1 aromatic heterocycles. The molecule has 1 unspecified atom stereocenters. The molecule has 2 N–H and O–H groups in total. The number of amides is 1. The number of carbonyl (C=O) groups excluding carboxylic acids is 1. The molecular weight excluding hydrogens is 264 g/mol. The Kier molecular flexibility index (Phi) is 5.58. The number of hydrogen-bond acceptors (Lipinski definition) is 3. The van der Waals surface area contributed by atoms with Gasteiger partial charge >= 0.3 is 0 Å². The SMILES string of the molecule is Cc1ccc(C(=O)NCCNC(C)Cc2ccco2)cc1. The van der Waals surface area contributed by atoms with E-state index in [0.29, 0.717) is 18.2 Å².